The lowest BCUT2D eigenvalue weighted by Gasteiger charge is -2.27. The molecule has 1 aliphatic carbocycles. The minimum atomic E-state index is -0.994. The van der Waals surface area contributed by atoms with E-state index in [1.165, 1.54) is 19.3 Å². The van der Waals surface area contributed by atoms with Crippen LogP contribution in [0.1, 0.15) is 39.0 Å². The van der Waals surface area contributed by atoms with Crippen LogP contribution in [0, 0.1) is 5.92 Å². The Morgan fingerprint density at radius 1 is 1.33 bits per heavy atom. The average Bonchev–Trinajstić information content (AvgIpc) is 2.38. The summed E-state index contributed by atoms with van der Waals surface area (Å²) < 4.78 is 12.5. The Morgan fingerprint density at radius 3 is 2.56 bits per heavy atom. The highest BCUT2D eigenvalue weighted by Gasteiger charge is 2.26. The highest BCUT2D eigenvalue weighted by atomic mass is 35.5. The van der Waals surface area contributed by atoms with E-state index in [0.717, 1.165) is 23.7 Å². The first-order chi connectivity index (χ1) is 8.61. The summed E-state index contributed by atoms with van der Waals surface area (Å²) in [6, 6.07) is 5.27. The van der Waals surface area contributed by atoms with Gasteiger partial charge in [0.25, 0.3) is 0 Å². The van der Waals surface area contributed by atoms with Crippen molar-refractivity contribution in [2.24, 2.45) is 5.92 Å². The van der Waals surface area contributed by atoms with Gasteiger partial charge in [-0.3, -0.25) is 4.21 Å². The predicted molar refractivity (Wildman–Crippen MR) is 78.3 cm³/mol. The molecule has 1 aromatic carbocycles. The van der Waals surface area contributed by atoms with Crippen LogP contribution in [0.25, 0.3) is 0 Å². The molecule has 0 heterocycles. The fourth-order valence-electron chi connectivity index (χ4n) is 2.61. The van der Waals surface area contributed by atoms with Crippen molar-refractivity contribution in [2.45, 2.75) is 49.2 Å². The summed E-state index contributed by atoms with van der Waals surface area (Å²) >= 11 is 6.13. The molecule has 0 saturated heterocycles. The molecule has 1 fully saturated rings. The molecule has 2 rings (SSSR count). The summed E-state index contributed by atoms with van der Waals surface area (Å²) in [5.74, 6) is 0.820. The van der Waals surface area contributed by atoms with Gasteiger partial charge in [-0.2, -0.15) is 0 Å². The molecule has 18 heavy (non-hydrogen) atoms. The summed E-state index contributed by atoms with van der Waals surface area (Å²) in [7, 11) is -0.994. The number of nitrogen functional groups attached to an aromatic ring is 1. The summed E-state index contributed by atoms with van der Waals surface area (Å²) in [4.78, 5) is 0.741. The normalized spacial score (nSPS) is 25.9. The minimum absolute atomic E-state index is 0.258. The molecular formula is C14H20ClNOS. The number of hydrogen-bond donors (Lipinski definition) is 1. The Labute approximate surface area is 116 Å². The van der Waals surface area contributed by atoms with Crippen molar-refractivity contribution in [3.63, 3.8) is 0 Å². The van der Waals surface area contributed by atoms with Crippen LogP contribution < -0.4 is 5.73 Å². The number of nitrogens with two attached hydrogens (primary N) is 1. The molecule has 1 aliphatic rings. The first-order valence-corrected chi connectivity index (χ1v) is 8.16. The van der Waals surface area contributed by atoms with Crippen molar-refractivity contribution >= 4 is 28.1 Å². The zero-order valence-corrected chi connectivity index (χ0v) is 12.3. The number of hydrogen-bond acceptors (Lipinski definition) is 2. The van der Waals surface area contributed by atoms with Crippen molar-refractivity contribution in [3.05, 3.63) is 23.2 Å². The van der Waals surface area contributed by atoms with Crippen LogP contribution in [0.4, 0.5) is 5.69 Å². The van der Waals surface area contributed by atoms with Crippen LogP contribution >= 0.6 is 11.6 Å². The maximum atomic E-state index is 12.5. The van der Waals surface area contributed by atoms with Crippen LogP contribution in [0.15, 0.2) is 23.1 Å². The predicted octanol–water partition coefficient (Wildman–Crippen LogP) is 4.00. The number of halogens is 1. The Morgan fingerprint density at radius 2 is 2.00 bits per heavy atom. The minimum Gasteiger partial charge on any atom is -0.399 e. The van der Waals surface area contributed by atoms with Crippen LogP contribution in [0.3, 0.4) is 0 Å². The van der Waals surface area contributed by atoms with Gasteiger partial charge in [0.15, 0.2) is 0 Å². The van der Waals surface area contributed by atoms with Gasteiger partial charge in [0.05, 0.1) is 20.7 Å². The van der Waals surface area contributed by atoms with Gasteiger partial charge in [-0.25, -0.2) is 0 Å². The second-order valence-corrected chi connectivity index (χ2v) is 7.15. The van der Waals surface area contributed by atoms with Gasteiger partial charge in [-0.15, -0.1) is 0 Å². The molecule has 0 aliphatic heterocycles. The van der Waals surface area contributed by atoms with Crippen LogP contribution in [0.5, 0.6) is 0 Å². The van der Waals surface area contributed by atoms with Crippen molar-refractivity contribution in [3.8, 4) is 0 Å². The fourth-order valence-corrected chi connectivity index (χ4v) is 4.54. The van der Waals surface area contributed by atoms with E-state index in [1.807, 2.05) is 0 Å². The van der Waals surface area contributed by atoms with Gasteiger partial charge in [0.2, 0.25) is 0 Å². The SMILES string of the molecule is CCC1CCC(S(=O)c2ccc(N)cc2Cl)CC1. The highest BCUT2D eigenvalue weighted by Crippen LogP contribution is 2.33. The van der Waals surface area contributed by atoms with E-state index in [0.29, 0.717) is 10.7 Å². The molecule has 0 radical (unpaired) electrons. The third kappa shape index (κ3) is 3.07. The third-order valence-corrected chi connectivity index (χ3v) is 6.14. The van der Waals surface area contributed by atoms with Crippen molar-refractivity contribution < 1.29 is 4.21 Å². The lowest BCUT2D eigenvalue weighted by atomic mass is 9.87. The van der Waals surface area contributed by atoms with Crippen LogP contribution in [-0.2, 0) is 10.8 Å². The molecule has 0 amide bonds. The van der Waals surface area contributed by atoms with E-state index in [-0.39, 0.29) is 5.25 Å². The lowest BCUT2D eigenvalue weighted by Crippen LogP contribution is -2.23. The smallest absolute Gasteiger partial charge is 0.0588 e. The van der Waals surface area contributed by atoms with E-state index < -0.39 is 10.8 Å². The topological polar surface area (TPSA) is 43.1 Å². The average molecular weight is 286 g/mol. The Kier molecular flexibility index (Phi) is 4.68. The van der Waals surface area contributed by atoms with E-state index in [1.54, 1.807) is 18.2 Å². The van der Waals surface area contributed by atoms with E-state index in [2.05, 4.69) is 6.92 Å². The molecule has 2 N–H and O–H groups in total. The molecular weight excluding hydrogens is 266 g/mol. The molecule has 0 bridgehead atoms. The van der Waals surface area contributed by atoms with Crippen molar-refractivity contribution in [2.75, 3.05) is 5.73 Å². The van der Waals surface area contributed by atoms with Gasteiger partial charge < -0.3 is 5.73 Å². The molecule has 1 unspecified atom stereocenters. The second kappa shape index (κ2) is 6.07. The number of anilines is 1. The van der Waals surface area contributed by atoms with Gasteiger partial charge in [-0.05, 0) is 49.8 Å². The molecule has 1 atom stereocenters. The maximum absolute atomic E-state index is 12.5. The molecule has 1 aromatic rings. The largest absolute Gasteiger partial charge is 0.399 e. The summed E-state index contributed by atoms with van der Waals surface area (Å²) in [6.45, 7) is 2.23. The molecule has 0 spiro atoms. The molecule has 2 nitrogen and oxygen atoms in total. The molecule has 1 saturated carbocycles. The molecule has 4 heteroatoms. The van der Waals surface area contributed by atoms with Gasteiger partial charge >= 0.3 is 0 Å². The van der Waals surface area contributed by atoms with Crippen LogP contribution in [-0.4, -0.2) is 9.46 Å². The lowest BCUT2D eigenvalue weighted by molar-refractivity contribution is 0.353. The van der Waals surface area contributed by atoms with E-state index in [4.69, 9.17) is 17.3 Å². The monoisotopic (exact) mass is 285 g/mol. The van der Waals surface area contributed by atoms with Gasteiger partial charge in [0, 0.05) is 10.9 Å². The van der Waals surface area contributed by atoms with E-state index >= 15 is 0 Å². The third-order valence-electron chi connectivity index (χ3n) is 3.85. The fraction of sp³-hybridized carbons (Fsp3) is 0.571. The first-order valence-electron chi connectivity index (χ1n) is 6.57. The zero-order chi connectivity index (χ0) is 13.1. The van der Waals surface area contributed by atoms with Crippen molar-refractivity contribution in [1.82, 2.24) is 0 Å². The first kappa shape index (κ1) is 13.9. The highest BCUT2D eigenvalue weighted by molar-refractivity contribution is 7.85. The maximum Gasteiger partial charge on any atom is 0.0588 e. The quantitative estimate of drug-likeness (QED) is 0.853. The summed E-state index contributed by atoms with van der Waals surface area (Å²) in [5, 5.41) is 0.792. The molecule has 0 aromatic heterocycles. The summed E-state index contributed by atoms with van der Waals surface area (Å²) in [6.07, 6.45) is 5.72. The Hall–Kier alpha value is -0.540. The van der Waals surface area contributed by atoms with Crippen LogP contribution in [0.2, 0.25) is 5.02 Å². The van der Waals surface area contributed by atoms with E-state index in [9.17, 15) is 4.21 Å². The number of rotatable bonds is 3. The van der Waals surface area contributed by atoms with Crippen molar-refractivity contribution in [1.29, 1.82) is 0 Å². The second-order valence-electron chi connectivity index (χ2n) is 5.04. The summed E-state index contributed by atoms with van der Waals surface area (Å²) in [5.41, 5.74) is 6.28. The zero-order valence-electron chi connectivity index (χ0n) is 10.7. The van der Waals surface area contributed by atoms with Gasteiger partial charge in [0.1, 0.15) is 0 Å². The Bertz CT molecular complexity index is 441. The number of benzene rings is 1. The molecule has 100 valence electrons. The van der Waals surface area contributed by atoms with Gasteiger partial charge in [-0.1, -0.05) is 24.9 Å². The standard InChI is InChI=1S/C14H20ClNOS/c1-2-10-3-6-12(7-4-10)18(17)14-8-5-11(16)9-13(14)15/h5,8-10,12H,2-4,6-7,16H2,1H3. The Balaban J connectivity index is 2.08.